The molecule has 0 atom stereocenters. The van der Waals surface area contributed by atoms with Gasteiger partial charge in [0, 0.05) is 36.1 Å². The number of rotatable bonds is 11. The number of methoxy groups -OCH3 is 4. The fourth-order valence-electron chi connectivity index (χ4n) is 2.54. The maximum Gasteiger partial charge on any atom is 0.240 e. The molecule has 10 heteroatoms. The fraction of sp³-hybridized carbons (Fsp3) is 0.273. The van der Waals surface area contributed by atoms with Crippen molar-refractivity contribution in [3.05, 3.63) is 47.5 Å². The predicted molar refractivity (Wildman–Crippen MR) is 120 cm³/mol. The second-order valence-corrected chi connectivity index (χ2v) is 6.30. The zero-order valence-corrected chi connectivity index (χ0v) is 18.4. The first-order chi connectivity index (χ1) is 15.5. The van der Waals surface area contributed by atoms with Crippen molar-refractivity contribution in [2.45, 2.75) is 12.8 Å². The summed E-state index contributed by atoms with van der Waals surface area (Å²) in [7, 11) is 6.16. The Morgan fingerprint density at radius 1 is 0.719 bits per heavy atom. The molecule has 0 aromatic heterocycles. The van der Waals surface area contributed by atoms with E-state index in [-0.39, 0.29) is 12.8 Å². The van der Waals surface area contributed by atoms with Crippen molar-refractivity contribution in [1.82, 2.24) is 10.9 Å². The highest BCUT2D eigenvalue weighted by molar-refractivity contribution is 5.88. The minimum atomic E-state index is -0.412. The number of carbonyl (C=O) groups excluding carboxylic acids is 2. The maximum absolute atomic E-state index is 11.9. The van der Waals surface area contributed by atoms with Crippen LogP contribution in [0.1, 0.15) is 24.0 Å². The summed E-state index contributed by atoms with van der Waals surface area (Å²) in [5, 5.41) is 7.78. The molecule has 0 aliphatic heterocycles. The van der Waals surface area contributed by atoms with Crippen molar-refractivity contribution in [3.8, 4) is 23.0 Å². The molecule has 0 saturated heterocycles. The molecule has 0 radical (unpaired) electrons. The Hall–Kier alpha value is -4.08. The lowest BCUT2D eigenvalue weighted by Crippen LogP contribution is -2.22. The molecule has 2 rings (SSSR count). The second kappa shape index (κ2) is 12.6. The molecule has 0 fully saturated rings. The molecular formula is C22H26N4O6. The van der Waals surface area contributed by atoms with E-state index in [0.717, 1.165) is 0 Å². The van der Waals surface area contributed by atoms with Crippen LogP contribution in [0.2, 0.25) is 0 Å². The zero-order valence-electron chi connectivity index (χ0n) is 18.4. The van der Waals surface area contributed by atoms with Gasteiger partial charge in [0.2, 0.25) is 11.8 Å². The van der Waals surface area contributed by atoms with Crippen molar-refractivity contribution in [1.29, 1.82) is 0 Å². The smallest absolute Gasteiger partial charge is 0.240 e. The summed E-state index contributed by atoms with van der Waals surface area (Å²) in [5.74, 6) is 1.56. The Morgan fingerprint density at radius 2 is 1.12 bits per heavy atom. The van der Waals surface area contributed by atoms with Gasteiger partial charge in [0.1, 0.15) is 23.0 Å². The van der Waals surface area contributed by atoms with Crippen LogP contribution in [0.5, 0.6) is 23.0 Å². The van der Waals surface area contributed by atoms with Crippen molar-refractivity contribution in [2.75, 3.05) is 28.4 Å². The number of amides is 2. The second-order valence-electron chi connectivity index (χ2n) is 6.30. The van der Waals surface area contributed by atoms with Crippen LogP contribution in [0.15, 0.2) is 46.6 Å². The lowest BCUT2D eigenvalue weighted by molar-refractivity contribution is -0.126. The topological polar surface area (TPSA) is 120 Å². The Morgan fingerprint density at radius 3 is 1.47 bits per heavy atom. The van der Waals surface area contributed by atoms with Gasteiger partial charge in [0.25, 0.3) is 0 Å². The van der Waals surface area contributed by atoms with Gasteiger partial charge in [-0.3, -0.25) is 9.59 Å². The summed E-state index contributed by atoms with van der Waals surface area (Å²) >= 11 is 0. The van der Waals surface area contributed by atoms with Crippen molar-refractivity contribution in [2.24, 2.45) is 10.2 Å². The molecule has 0 spiro atoms. The molecule has 2 aromatic rings. The van der Waals surface area contributed by atoms with Gasteiger partial charge in [0.15, 0.2) is 0 Å². The van der Waals surface area contributed by atoms with Crippen molar-refractivity contribution >= 4 is 24.2 Å². The molecule has 10 nitrogen and oxygen atoms in total. The summed E-state index contributed by atoms with van der Waals surface area (Å²) < 4.78 is 20.8. The minimum absolute atomic E-state index is 0.0513. The summed E-state index contributed by atoms with van der Waals surface area (Å²) in [6, 6.07) is 10.4. The van der Waals surface area contributed by atoms with Gasteiger partial charge >= 0.3 is 0 Å². The summed E-state index contributed by atoms with van der Waals surface area (Å²) in [5.41, 5.74) is 6.07. The monoisotopic (exact) mass is 442 g/mol. The Balaban J connectivity index is 1.79. The van der Waals surface area contributed by atoms with Crippen LogP contribution in [0.3, 0.4) is 0 Å². The number of hydrogen-bond acceptors (Lipinski definition) is 8. The number of benzene rings is 2. The van der Waals surface area contributed by atoms with E-state index in [9.17, 15) is 9.59 Å². The highest BCUT2D eigenvalue weighted by Gasteiger charge is 2.07. The molecule has 0 bridgehead atoms. The normalized spacial score (nSPS) is 10.8. The summed E-state index contributed by atoms with van der Waals surface area (Å²) in [6.07, 6.45) is 2.79. The van der Waals surface area contributed by atoms with E-state index in [4.69, 9.17) is 18.9 Å². The number of hydrogen-bond donors (Lipinski definition) is 2. The molecule has 32 heavy (non-hydrogen) atoms. The molecular weight excluding hydrogens is 416 g/mol. The highest BCUT2D eigenvalue weighted by atomic mass is 16.5. The van der Waals surface area contributed by atoms with E-state index < -0.39 is 11.8 Å². The van der Waals surface area contributed by atoms with Crippen LogP contribution in [0.4, 0.5) is 0 Å². The van der Waals surface area contributed by atoms with Crippen LogP contribution >= 0.6 is 0 Å². The van der Waals surface area contributed by atoms with Gasteiger partial charge in [-0.05, 0) is 24.3 Å². The third-order valence-electron chi connectivity index (χ3n) is 4.25. The average molecular weight is 442 g/mol. The Labute approximate surface area is 186 Å². The molecule has 0 aliphatic carbocycles. The molecule has 170 valence electrons. The van der Waals surface area contributed by atoms with Gasteiger partial charge in [-0.15, -0.1) is 0 Å². The summed E-state index contributed by atoms with van der Waals surface area (Å²) in [4.78, 5) is 23.8. The average Bonchev–Trinajstić information content (AvgIpc) is 2.82. The van der Waals surface area contributed by atoms with Crippen LogP contribution in [0, 0.1) is 0 Å². The first-order valence-corrected chi connectivity index (χ1v) is 9.58. The van der Waals surface area contributed by atoms with Crippen LogP contribution < -0.4 is 29.8 Å². The lowest BCUT2D eigenvalue weighted by atomic mass is 10.2. The maximum atomic E-state index is 11.9. The van der Waals surface area contributed by atoms with E-state index in [1.165, 1.54) is 26.6 Å². The first kappa shape index (κ1) is 24.2. The van der Waals surface area contributed by atoms with Gasteiger partial charge in [0.05, 0.1) is 40.9 Å². The van der Waals surface area contributed by atoms with Crippen LogP contribution in [-0.2, 0) is 9.59 Å². The summed E-state index contributed by atoms with van der Waals surface area (Å²) in [6.45, 7) is 0. The number of nitrogens with one attached hydrogen (secondary N) is 2. The third kappa shape index (κ3) is 7.31. The van der Waals surface area contributed by atoms with Gasteiger partial charge in [-0.25, -0.2) is 10.9 Å². The largest absolute Gasteiger partial charge is 0.497 e. The molecule has 2 aromatic carbocycles. The number of carbonyl (C=O) groups is 2. The molecule has 2 amide bonds. The third-order valence-corrected chi connectivity index (χ3v) is 4.25. The molecule has 0 unspecified atom stereocenters. The minimum Gasteiger partial charge on any atom is -0.497 e. The van der Waals surface area contributed by atoms with Crippen molar-refractivity contribution < 1.29 is 28.5 Å². The molecule has 0 heterocycles. The van der Waals surface area contributed by atoms with E-state index in [2.05, 4.69) is 21.1 Å². The fourth-order valence-corrected chi connectivity index (χ4v) is 2.54. The molecule has 0 aliphatic rings. The van der Waals surface area contributed by atoms with Gasteiger partial charge < -0.3 is 18.9 Å². The predicted octanol–water partition coefficient (Wildman–Crippen LogP) is 2.10. The lowest BCUT2D eigenvalue weighted by Gasteiger charge is -2.07. The van der Waals surface area contributed by atoms with E-state index in [1.54, 1.807) is 50.6 Å². The SMILES string of the molecule is COc1ccc(C=NNC(=O)CCC(=O)NN=Cc2ccc(OC)cc2OC)c(OC)c1. The van der Waals surface area contributed by atoms with Crippen molar-refractivity contribution in [3.63, 3.8) is 0 Å². The number of ether oxygens (including phenoxy) is 4. The number of nitrogens with zero attached hydrogens (tertiary/aromatic N) is 2. The Kier molecular flexibility index (Phi) is 9.51. The quantitative estimate of drug-likeness (QED) is 0.406. The first-order valence-electron chi connectivity index (χ1n) is 9.58. The molecule has 2 N–H and O–H groups in total. The van der Waals surface area contributed by atoms with E-state index in [0.29, 0.717) is 34.1 Å². The van der Waals surface area contributed by atoms with E-state index >= 15 is 0 Å². The highest BCUT2D eigenvalue weighted by Crippen LogP contribution is 2.23. The standard InChI is InChI=1S/C22H26N4O6/c1-29-17-7-5-15(19(11-17)31-3)13-23-25-21(27)9-10-22(28)26-24-14-16-6-8-18(30-2)12-20(16)32-4/h5-8,11-14H,9-10H2,1-4H3,(H,25,27)(H,26,28). The van der Waals surface area contributed by atoms with Crippen LogP contribution in [0.25, 0.3) is 0 Å². The number of hydrazone groups is 2. The van der Waals surface area contributed by atoms with E-state index in [1.807, 2.05) is 0 Å². The molecule has 0 saturated carbocycles. The van der Waals surface area contributed by atoms with Gasteiger partial charge in [-0.1, -0.05) is 0 Å². The van der Waals surface area contributed by atoms with Crippen LogP contribution in [-0.4, -0.2) is 52.7 Å². The Bertz CT molecular complexity index is 911. The zero-order chi connectivity index (χ0) is 23.3. The van der Waals surface area contributed by atoms with Gasteiger partial charge in [-0.2, -0.15) is 10.2 Å².